The van der Waals surface area contributed by atoms with Crippen LogP contribution in [0.25, 0.3) is 0 Å². The van der Waals surface area contributed by atoms with Gasteiger partial charge in [0, 0.05) is 33.0 Å². The summed E-state index contributed by atoms with van der Waals surface area (Å²) in [5, 5.41) is 2.79. The Bertz CT molecular complexity index is 954. The molecule has 0 bridgehead atoms. The molecule has 6 nitrogen and oxygen atoms in total. The van der Waals surface area contributed by atoms with Crippen LogP contribution in [-0.2, 0) is 24.4 Å². The molecule has 28 heavy (non-hydrogen) atoms. The molecular formula is C20H21F2N3O3. The van der Waals surface area contributed by atoms with Gasteiger partial charge in [0.2, 0.25) is 11.7 Å². The van der Waals surface area contributed by atoms with E-state index in [-0.39, 0.29) is 24.5 Å². The van der Waals surface area contributed by atoms with E-state index in [0.717, 1.165) is 16.7 Å². The predicted molar refractivity (Wildman–Crippen MR) is 95.5 cm³/mol. The number of fused-ring (bicyclic) bond motifs is 1. The number of nitrogens with zero attached hydrogens (tertiary/aromatic N) is 2. The van der Waals surface area contributed by atoms with Gasteiger partial charge in [-0.1, -0.05) is 18.2 Å². The minimum absolute atomic E-state index is 0.192. The smallest absolute Gasteiger partial charge is 0.289 e. The number of benzene rings is 1. The summed E-state index contributed by atoms with van der Waals surface area (Å²) < 4.78 is 32.4. The molecule has 2 aliphatic rings. The van der Waals surface area contributed by atoms with E-state index in [2.05, 4.69) is 10.3 Å². The van der Waals surface area contributed by atoms with Crippen molar-refractivity contribution in [3.8, 4) is 0 Å². The number of aromatic nitrogens is 1. The van der Waals surface area contributed by atoms with Crippen LogP contribution in [0.5, 0.6) is 0 Å². The number of aryl methyl sites for hydroxylation is 2. The van der Waals surface area contributed by atoms with Crippen molar-refractivity contribution in [3.05, 3.63) is 52.2 Å². The molecule has 0 spiro atoms. The van der Waals surface area contributed by atoms with Crippen LogP contribution in [0.1, 0.15) is 51.7 Å². The van der Waals surface area contributed by atoms with Gasteiger partial charge in [-0.15, -0.1) is 0 Å². The van der Waals surface area contributed by atoms with Crippen LogP contribution >= 0.6 is 0 Å². The lowest BCUT2D eigenvalue weighted by Gasteiger charge is -2.37. The van der Waals surface area contributed by atoms with Crippen LogP contribution in [0.15, 0.2) is 22.6 Å². The number of oxazole rings is 1. The fraction of sp³-hybridized carbons (Fsp3) is 0.450. The summed E-state index contributed by atoms with van der Waals surface area (Å²) in [6.45, 7) is 4.35. The summed E-state index contributed by atoms with van der Waals surface area (Å²) in [5.74, 6) is -4.26. The minimum atomic E-state index is -2.88. The number of rotatable bonds is 4. The quantitative estimate of drug-likeness (QED) is 0.872. The number of nitrogens with one attached hydrogen (secondary N) is 1. The summed E-state index contributed by atoms with van der Waals surface area (Å²) in [4.78, 5) is 30.2. The molecule has 1 fully saturated rings. The van der Waals surface area contributed by atoms with Gasteiger partial charge in [-0.2, -0.15) is 0 Å². The van der Waals surface area contributed by atoms with Crippen LogP contribution in [0.4, 0.5) is 8.78 Å². The maximum atomic E-state index is 13.5. The highest BCUT2D eigenvalue weighted by Gasteiger charge is 2.53. The molecule has 1 aromatic heterocycles. The zero-order chi connectivity index (χ0) is 20.1. The van der Waals surface area contributed by atoms with Gasteiger partial charge in [0.25, 0.3) is 11.8 Å². The van der Waals surface area contributed by atoms with Crippen LogP contribution in [-0.4, -0.2) is 27.6 Å². The van der Waals surface area contributed by atoms with E-state index in [1.807, 2.05) is 18.2 Å². The van der Waals surface area contributed by atoms with Gasteiger partial charge in [0.1, 0.15) is 5.92 Å². The molecule has 1 saturated carbocycles. The third-order valence-corrected chi connectivity index (χ3v) is 5.44. The minimum Gasteiger partial charge on any atom is -0.436 e. The van der Waals surface area contributed by atoms with Gasteiger partial charge in [0.15, 0.2) is 5.89 Å². The van der Waals surface area contributed by atoms with E-state index in [4.69, 9.17) is 4.42 Å². The van der Waals surface area contributed by atoms with Crippen molar-refractivity contribution in [1.29, 1.82) is 0 Å². The zero-order valence-electron chi connectivity index (χ0n) is 15.7. The SMILES string of the molecule is Cc1nc(C)c(C(=O)NCc2ccc3c(c2)CN(C(=O)C2CCC2(F)F)C3)o1. The van der Waals surface area contributed by atoms with E-state index in [9.17, 15) is 18.4 Å². The van der Waals surface area contributed by atoms with Crippen molar-refractivity contribution in [2.24, 2.45) is 5.92 Å². The highest BCUT2D eigenvalue weighted by molar-refractivity contribution is 5.92. The molecule has 2 heterocycles. The van der Waals surface area contributed by atoms with Gasteiger partial charge in [-0.05, 0) is 30.0 Å². The molecular weight excluding hydrogens is 368 g/mol. The molecule has 2 aromatic rings. The van der Waals surface area contributed by atoms with Crippen molar-refractivity contribution >= 4 is 11.8 Å². The molecule has 2 amide bonds. The summed E-state index contributed by atoms with van der Waals surface area (Å²) in [5.41, 5.74) is 3.28. The lowest BCUT2D eigenvalue weighted by atomic mass is 9.80. The van der Waals surface area contributed by atoms with Gasteiger partial charge in [-0.25, -0.2) is 13.8 Å². The standard InChI is InChI=1S/C20H21F2N3O3/c1-11-17(28-12(2)24-11)18(26)23-8-13-3-4-14-9-25(10-15(14)7-13)19(27)16-5-6-20(16,21)22/h3-4,7,16H,5-6,8-10H2,1-2H3,(H,23,26). The fourth-order valence-electron chi connectivity index (χ4n) is 3.75. The lowest BCUT2D eigenvalue weighted by molar-refractivity contribution is -0.172. The highest BCUT2D eigenvalue weighted by Crippen LogP contribution is 2.45. The van der Waals surface area contributed by atoms with Crippen LogP contribution in [0, 0.1) is 19.8 Å². The Balaban J connectivity index is 1.39. The maximum absolute atomic E-state index is 13.5. The molecule has 4 rings (SSSR count). The van der Waals surface area contributed by atoms with Gasteiger partial charge in [-0.3, -0.25) is 9.59 Å². The molecule has 1 unspecified atom stereocenters. The van der Waals surface area contributed by atoms with E-state index in [1.54, 1.807) is 13.8 Å². The number of carbonyl (C=O) groups excluding carboxylic acids is 2. The molecule has 1 atom stereocenters. The summed E-state index contributed by atoms with van der Waals surface area (Å²) in [6.07, 6.45) is 0.0364. The monoisotopic (exact) mass is 389 g/mol. The first-order valence-corrected chi connectivity index (χ1v) is 9.24. The average molecular weight is 389 g/mol. The molecule has 1 N–H and O–H groups in total. The maximum Gasteiger partial charge on any atom is 0.289 e. The number of hydrogen-bond acceptors (Lipinski definition) is 4. The Hall–Kier alpha value is -2.77. The second-order valence-corrected chi connectivity index (χ2v) is 7.48. The molecule has 1 aliphatic carbocycles. The second-order valence-electron chi connectivity index (χ2n) is 7.48. The summed E-state index contributed by atoms with van der Waals surface area (Å²) >= 11 is 0. The normalized spacial score (nSPS) is 19.9. The predicted octanol–water partition coefficient (Wildman–Crippen LogP) is 3.11. The van der Waals surface area contributed by atoms with E-state index >= 15 is 0 Å². The Labute approximate surface area is 160 Å². The van der Waals surface area contributed by atoms with Crippen LogP contribution in [0.2, 0.25) is 0 Å². The van der Waals surface area contributed by atoms with Crippen molar-refractivity contribution in [1.82, 2.24) is 15.2 Å². The Morgan fingerprint density at radius 1 is 1.29 bits per heavy atom. The van der Waals surface area contributed by atoms with Gasteiger partial charge in [0.05, 0.1) is 5.69 Å². The molecule has 1 aliphatic heterocycles. The first kappa shape index (κ1) is 18.6. The third-order valence-electron chi connectivity index (χ3n) is 5.44. The molecule has 8 heteroatoms. The summed E-state index contributed by atoms with van der Waals surface area (Å²) in [7, 11) is 0. The fourth-order valence-corrected chi connectivity index (χ4v) is 3.75. The van der Waals surface area contributed by atoms with E-state index in [1.165, 1.54) is 4.90 Å². The van der Waals surface area contributed by atoms with Crippen LogP contribution < -0.4 is 5.32 Å². The van der Waals surface area contributed by atoms with Crippen LogP contribution in [0.3, 0.4) is 0 Å². The number of halogens is 2. The largest absolute Gasteiger partial charge is 0.436 e. The molecule has 148 valence electrons. The van der Waals surface area contributed by atoms with Crippen molar-refractivity contribution in [2.45, 2.75) is 52.2 Å². The van der Waals surface area contributed by atoms with Gasteiger partial charge >= 0.3 is 0 Å². The lowest BCUT2D eigenvalue weighted by Crippen LogP contribution is -2.48. The number of carbonyl (C=O) groups is 2. The van der Waals surface area contributed by atoms with E-state index in [0.29, 0.717) is 31.2 Å². The van der Waals surface area contributed by atoms with Gasteiger partial charge < -0.3 is 14.6 Å². The first-order chi connectivity index (χ1) is 13.2. The summed E-state index contributed by atoms with van der Waals surface area (Å²) in [6, 6.07) is 5.65. The van der Waals surface area contributed by atoms with Crippen molar-refractivity contribution in [3.63, 3.8) is 0 Å². The number of amides is 2. The molecule has 1 aromatic carbocycles. The second kappa shape index (κ2) is 6.68. The van der Waals surface area contributed by atoms with Crippen molar-refractivity contribution < 1.29 is 22.8 Å². The Morgan fingerprint density at radius 2 is 2.04 bits per heavy atom. The number of hydrogen-bond donors (Lipinski definition) is 1. The Kier molecular flexibility index (Phi) is 4.44. The molecule has 0 radical (unpaired) electrons. The number of alkyl halides is 2. The van der Waals surface area contributed by atoms with E-state index < -0.39 is 17.7 Å². The molecule has 0 saturated heterocycles. The van der Waals surface area contributed by atoms with Crippen molar-refractivity contribution in [2.75, 3.05) is 0 Å². The first-order valence-electron chi connectivity index (χ1n) is 9.24. The zero-order valence-corrected chi connectivity index (χ0v) is 15.7. The average Bonchev–Trinajstić information content (AvgIpc) is 3.21. The highest BCUT2D eigenvalue weighted by atomic mass is 19.3. The topological polar surface area (TPSA) is 75.4 Å². The third kappa shape index (κ3) is 3.27. The Morgan fingerprint density at radius 3 is 2.64 bits per heavy atom.